The second-order valence-corrected chi connectivity index (χ2v) is 12.8. The van der Waals surface area contributed by atoms with Gasteiger partial charge >= 0.3 is 0 Å². The number of benzene rings is 3. The molecule has 1 N–H and O–H groups in total. The van der Waals surface area contributed by atoms with E-state index in [1.54, 1.807) is 43.3 Å². The van der Waals surface area contributed by atoms with E-state index in [0.717, 1.165) is 26.6 Å². The molecule has 7 nitrogen and oxygen atoms in total. The van der Waals surface area contributed by atoms with E-state index >= 15 is 0 Å². The molecule has 0 radical (unpaired) electrons. The molecule has 2 amide bonds. The van der Waals surface area contributed by atoms with Gasteiger partial charge in [0.1, 0.15) is 12.6 Å². The number of carbonyl (C=O) groups is 2. The number of anilines is 1. The summed E-state index contributed by atoms with van der Waals surface area (Å²) in [4.78, 5) is 28.6. The Morgan fingerprint density at radius 1 is 0.825 bits per heavy atom. The molecule has 0 saturated heterocycles. The van der Waals surface area contributed by atoms with Gasteiger partial charge in [-0.05, 0) is 75.9 Å². The van der Waals surface area contributed by atoms with Gasteiger partial charge in [0.05, 0.1) is 10.6 Å². The van der Waals surface area contributed by atoms with Crippen molar-refractivity contribution in [3.63, 3.8) is 0 Å². The largest absolute Gasteiger partial charge is 0.352 e. The van der Waals surface area contributed by atoms with Gasteiger partial charge < -0.3 is 10.2 Å². The maximum Gasteiger partial charge on any atom is 0.264 e. The van der Waals surface area contributed by atoms with Gasteiger partial charge in [0.2, 0.25) is 11.8 Å². The summed E-state index contributed by atoms with van der Waals surface area (Å²) in [5.74, 6) is -0.509. The first-order valence-corrected chi connectivity index (χ1v) is 15.1. The van der Waals surface area contributed by atoms with Gasteiger partial charge in [-0.2, -0.15) is 0 Å². The van der Waals surface area contributed by atoms with E-state index in [1.165, 1.54) is 4.90 Å². The molecule has 0 aliphatic carbocycles. The van der Waals surface area contributed by atoms with Crippen LogP contribution in [-0.4, -0.2) is 43.8 Å². The third-order valence-corrected chi connectivity index (χ3v) is 8.56. The molecule has 3 rings (SSSR count). The molecule has 0 heterocycles. The summed E-state index contributed by atoms with van der Waals surface area (Å²) in [7, 11) is -4.09. The molecule has 0 aliphatic rings. The van der Waals surface area contributed by atoms with E-state index in [2.05, 4.69) is 19.2 Å². The third kappa shape index (κ3) is 7.72. The Hall–Kier alpha value is -3.65. The maximum absolute atomic E-state index is 14.0. The molecule has 0 fully saturated rings. The number of nitrogens with one attached hydrogen (secondary N) is 1. The molecule has 0 aromatic heterocycles. The van der Waals surface area contributed by atoms with E-state index in [1.807, 2.05) is 64.1 Å². The lowest BCUT2D eigenvalue weighted by atomic mass is 10.0. The standard InChI is InChI=1S/C32H41N3O4S/c1-22(2)28-13-15-29(16-14-28)35(40(38,39)30-17-11-24(5)12-18-30)21-31(36)34(26(7)32(37)33-23(3)4)20-27-10-8-9-25(6)19-27/h8-19,22-23,26H,20-21H2,1-7H3,(H,33,37). The molecule has 1 unspecified atom stereocenters. The quantitative estimate of drug-likeness (QED) is 0.331. The van der Waals surface area contributed by atoms with Crippen LogP contribution in [0, 0.1) is 13.8 Å². The fourth-order valence-electron chi connectivity index (χ4n) is 4.39. The van der Waals surface area contributed by atoms with Crippen LogP contribution in [0.1, 0.15) is 62.8 Å². The molecule has 0 bridgehead atoms. The SMILES string of the molecule is Cc1ccc(S(=O)(=O)N(CC(=O)N(Cc2cccc(C)c2)C(C)C(=O)NC(C)C)c2ccc(C(C)C)cc2)cc1. The first kappa shape index (κ1) is 30.9. The van der Waals surface area contributed by atoms with Crippen molar-refractivity contribution in [2.45, 2.75) is 77.9 Å². The first-order chi connectivity index (χ1) is 18.8. The molecular formula is C32H41N3O4S. The van der Waals surface area contributed by atoms with Gasteiger partial charge in [0.25, 0.3) is 10.0 Å². The van der Waals surface area contributed by atoms with Crippen molar-refractivity contribution < 1.29 is 18.0 Å². The summed E-state index contributed by atoms with van der Waals surface area (Å²) in [6.45, 7) is 13.1. The highest BCUT2D eigenvalue weighted by Crippen LogP contribution is 2.27. The Bertz CT molecular complexity index is 1420. The maximum atomic E-state index is 14.0. The minimum absolute atomic E-state index is 0.0923. The van der Waals surface area contributed by atoms with Gasteiger partial charge in [-0.25, -0.2) is 8.42 Å². The van der Waals surface area contributed by atoms with Crippen LogP contribution in [0.3, 0.4) is 0 Å². The summed E-state index contributed by atoms with van der Waals surface area (Å²) in [6.07, 6.45) is 0. The van der Waals surface area contributed by atoms with Crippen LogP contribution in [0.2, 0.25) is 0 Å². The van der Waals surface area contributed by atoms with Crippen LogP contribution in [0.5, 0.6) is 0 Å². The predicted molar refractivity (Wildman–Crippen MR) is 161 cm³/mol. The van der Waals surface area contributed by atoms with Gasteiger partial charge in [-0.3, -0.25) is 13.9 Å². The predicted octanol–water partition coefficient (Wildman–Crippen LogP) is 5.56. The normalized spacial score (nSPS) is 12.3. The fourth-order valence-corrected chi connectivity index (χ4v) is 5.80. The molecule has 0 aliphatic heterocycles. The zero-order valence-corrected chi connectivity index (χ0v) is 25.3. The second-order valence-electron chi connectivity index (χ2n) is 10.9. The van der Waals surface area contributed by atoms with E-state index in [9.17, 15) is 18.0 Å². The molecule has 8 heteroatoms. The monoisotopic (exact) mass is 563 g/mol. The van der Waals surface area contributed by atoms with Crippen LogP contribution in [-0.2, 0) is 26.2 Å². The van der Waals surface area contributed by atoms with Crippen molar-refractivity contribution in [2.24, 2.45) is 0 Å². The molecular weight excluding hydrogens is 522 g/mol. The van der Waals surface area contributed by atoms with Crippen LogP contribution >= 0.6 is 0 Å². The van der Waals surface area contributed by atoms with E-state index in [-0.39, 0.29) is 29.3 Å². The minimum Gasteiger partial charge on any atom is -0.352 e. The summed E-state index contributed by atoms with van der Waals surface area (Å²) in [6, 6.07) is 20.6. The molecule has 0 saturated carbocycles. The van der Waals surface area contributed by atoms with E-state index < -0.39 is 28.5 Å². The van der Waals surface area contributed by atoms with Gasteiger partial charge in [-0.1, -0.05) is 73.5 Å². The highest BCUT2D eigenvalue weighted by molar-refractivity contribution is 7.92. The van der Waals surface area contributed by atoms with Gasteiger partial charge in [0, 0.05) is 12.6 Å². The van der Waals surface area contributed by atoms with Gasteiger partial charge in [0.15, 0.2) is 0 Å². The van der Waals surface area contributed by atoms with Crippen molar-refractivity contribution in [1.29, 1.82) is 0 Å². The Morgan fingerprint density at radius 2 is 1.45 bits per heavy atom. The zero-order valence-electron chi connectivity index (χ0n) is 24.5. The second kappa shape index (κ2) is 13.1. The molecule has 3 aromatic rings. The lowest BCUT2D eigenvalue weighted by Gasteiger charge is -2.32. The molecule has 1 atom stereocenters. The van der Waals surface area contributed by atoms with Crippen LogP contribution < -0.4 is 9.62 Å². The highest BCUT2D eigenvalue weighted by Gasteiger charge is 2.32. The number of aryl methyl sites for hydroxylation is 2. The van der Waals surface area contributed by atoms with Gasteiger partial charge in [-0.15, -0.1) is 0 Å². The highest BCUT2D eigenvalue weighted by atomic mass is 32.2. The van der Waals surface area contributed by atoms with Crippen LogP contribution in [0.25, 0.3) is 0 Å². The number of carbonyl (C=O) groups excluding carboxylic acids is 2. The zero-order chi connectivity index (χ0) is 29.6. The van der Waals surface area contributed by atoms with Crippen molar-refractivity contribution >= 4 is 27.5 Å². The summed E-state index contributed by atoms with van der Waals surface area (Å²) in [5.41, 5.74) is 4.25. The van der Waals surface area contributed by atoms with Crippen molar-refractivity contribution in [3.8, 4) is 0 Å². The van der Waals surface area contributed by atoms with E-state index in [4.69, 9.17) is 0 Å². The first-order valence-electron chi connectivity index (χ1n) is 13.6. The Balaban J connectivity index is 2.05. The summed E-state index contributed by atoms with van der Waals surface area (Å²) < 4.78 is 29.0. The van der Waals surface area contributed by atoms with Crippen molar-refractivity contribution in [3.05, 3.63) is 95.1 Å². The van der Waals surface area contributed by atoms with Crippen molar-refractivity contribution in [1.82, 2.24) is 10.2 Å². The summed E-state index contributed by atoms with van der Waals surface area (Å²) >= 11 is 0. The van der Waals surface area contributed by atoms with E-state index in [0.29, 0.717) is 5.69 Å². The number of nitrogens with zero attached hydrogens (tertiary/aromatic N) is 2. The number of sulfonamides is 1. The number of rotatable bonds is 11. The number of amides is 2. The molecule has 0 spiro atoms. The summed E-state index contributed by atoms with van der Waals surface area (Å²) in [5, 5.41) is 2.87. The Kier molecular flexibility index (Phi) is 10.1. The Morgan fingerprint density at radius 3 is 2.00 bits per heavy atom. The fraction of sp³-hybridized carbons (Fsp3) is 0.375. The third-order valence-electron chi connectivity index (χ3n) is 6.77. The van der Waals surface area contributed by atoms with Crippen LogP contribution in [0.4, 0.5) is 5.69 Å². The molecule has 40 heavy (non-hydrogen) atoms. The number of hydrogen-bond donors (Lipinski definition) is 1. The van der Waals surface area contributed by atoms with Crippen LogP contribution in [0.15, 0.2) is 77.7 Å². The topological polar surface area (TPSA) is 86.8 Å². The minimum atomic E-state index is -4.09. The average Bonchev–Trinajstić information content (AvgIpc) is 2.89. The lowest BCUT2D eigenvalue weighted by Crippen LogP contribution is -2.52. The average molecular weight is 564 g/mol. The molecule has 214 valence electrons. The van der Waals surface area contributed by atoms with Crippen molar-refractivity contribution in [2.75, 3.05) is 10.8 Å². The molecule has 3 aromatic carbocycles. The lowest BCUT2D eigenvalue weighted by molar-refractivity contribution is -0.139. The Labute approximate surface area is 239 Å². The number of hydrogen-bond acceptors (Lipinski definition) is 4. The smallest absolute Gasteiger partial charge is 0.264 e.